The van der Waals surface area contributed by atoms with Crippen LogP contribution >= 0.6 is 0 Å². The highest BCUT2D eigenvalue weighted by Gasteiger charge is 2.29. The molecule has 3 heterocycles. The third kappa shape index (κ3) is 2.88. The molecule has 0 unspecified atom stereocenters. The fourth-order valence-electron chi connectivity index (χ4n) is 3.05. The first-order chi connectivity index (χ1) is 10.9. The quantitative estimate of drug-likeness (QED) is 0.869. The monoisotopic (exact) mass is 334 g/mol. The minimum absolute atomic E-state index is 0.114. The van der Waals surface area contributed by atoms with E-state index in [1.807, 2.05) is 18.3 Å². The molecule has 0 aliphatic carbocycles. The molecule has 0 spiro atoms. The number of aromatic nitrogens is 2. The number of anilines is 1. The first-order valence-corrected chi connectivity index (χ1v) is 8.79. The number of hydrogen-bond donors (Lipinski definition) is 1. The number of nitriles is 1. The SMILES string of the molecule is CN(C1CCN(c2c(C#N)cnn3cccc23)CC1)S(N)(=O)=O. The van der Waals surface area contributed by atoms with Crippen molar-refractivity contribution in [3.63, 3.8) is 0 Å². The van der Waals surface area contributed by atoms with E-state index >= 15 is 0 Å². The summed E-state index contributed by atoms with van der Waals surface area (Å²) < 4.78 is 25.9. The molecule has 122 valence electrons. The summed E-state index contributed by atoms with van der Waals surface area (Å²) in [7, 11) is -2.17. The number of rotatable bonds is 3. The Morgan fingerprint density at radius 2 is 2.13 bits per heavy atom. The molecule has 0 atom stereocenters. The summed E-state index contributed by atoms with van der Waals surface area (Å²) in [5.74, 6) is 0. The molecule has 0 aromatic carbocycles. The summed E-state index contributed by atoms with van der Waals surface area (Å²) in [6.45, 7) is 1.31. The van der Waals surface area contributed by atoms with Gasteiger partial charge in [-0.3, -0.25) is 0 Å². The lowest BCUT2D eigenvalue weighted by Gasteiger charge is -2.37. The predicted octanol–water partition coefficient (Wildman–Crippen LogP) is 0.310. The van der Waals surface area contributed by atoms with Gasteiger partial charge in [0.25, 0.3) is 10.2 Å². The van der Waals surface area contributed by atoms with Gasteiger partial charge in [-0.15, -0.1) is 0 Å². The Balaban J connectivity index is 1.86. The highest BCUT2D eigenvalue weighted by Crippen LogP contribution is 2.29. The van der Waals surface area contributed by atoms with Crippen LogP contribution in [0, 0.1) is 11.3 Å². The van der Waals surface area contributed by atoms with Gasteiger partial charge in [0.1, 0.15) is 6.07 Å². The molecule has 1 fully saturated rings. The van der Waals surface area contributed by atoms with Crippen molar-refractivity contribution in [3.05, 3.63) is 30.1 Å². The van der Waals surface area contributed by atoms with Crippen molar-refractivity contribution in [1.82, 2.24) is 13.9 Å². The lowest BCUT2D eigenvalue weighted by molar-refractivity contribution is 0.312. The maximum absolute atomic E-state index is 11.5. The van der Waals surface area contributed by atoms with E-state index in [2.05, 4.69) is 16.1 Å². The Hall–Kier alpha value is -2.15. The average Bonchev–Trinajstić information content (AvgIpc) is 3.01. The van der Waals surface area contributed by atoms with E-state index < -0.39 is 10.2 Å². The molecular formula is C14H18N6O2S. The van der Waals surface area contributed by atoms with E-state index in [1.165, 1.54) is 11.4 Å². The standard InChI is InChI=1S/C14H18N6O2S/c1-18(23(16,21)22)12-4-7-19(8-5-12)14-11(9-15)10-17-20-6-2-3-13(14)20/h2-3,6,10,12H,4-5,7-8H2,1H3,(H2,16,21,22). The van der Waals surface area contributed by atoms with Crippen LogP contribution in [0.15, 0.2) is 24.5 Å². The van der Waals surface area contributed by atoms with E-state index in [4.69, 9.17) is 5.14 Å². The van der Waals surface area contributed by atoms with Crippen molar-refractivity contribution < 1.29 is 8.42 Å². The maximum atomic E-state index is 11.5. The van der Waals surface area contributed by atoms with Crippen LogP contribution in [0.5, 0.6) is 0 Å². The number of nitrogens with zero attached hydrogens (tertiary/aromatic N) is 5. The molecule has 0 amide bonds. The van der Waals surface area contributed by atoms with E-state index in [1.54, 1.807) is 10.7 Å². The fraction of sp³-hybridized carbons (Fsp3) is 0.429. The second kappa shape index (κ2) is 5.81. The number of fused-ring (bicyclic) bond motifs is 1. The lowest BCUT2D eigenvalue weighted by atomic mass is 10.0. The lowest BCUT2D eigenvalue weighted by Crippen LogP contribution is -2.47. The van der Waals surface area contributed by atoms with Crippen molar-refractivity contribution in [2.75, 3.05) is 25.0 Å². The molecule has 1 aliphatic rings. The van der Waals surface area contributed by atoms with Crippen LogP contribution in [0.25, 0.3) is 5.52 Å². The zero-order valence-electron chi connectivity index (χ0n) is 12.8. The minimum Gasteiger partial charge on any atom is -0.369 e. The van der Waals surface area contributed by atoms with Crippen LogP contribution in [0.2, 0.25) is 0 Å². The second-order valence-electron chi connectivity index (χ2n) is 5.64. The van der Waals surface area contributed by atoms with Gasteiger partial charge in [0.05, 0.1) is 23.0 Å². The van der Waals surface area contributed by atoms with Gasteiger partial charge in [-0.05, 0) is 25.0 Å². The number of piperidine rings is 1. The van der Waals surface area contributed by atoms with Crippen LogP contribution in [0.3, 0.4) is 0 Å². The maximum Gasteiger partial charge on any atom is 0.276 e. The van der Waals surface area contributed by atoms with E-state index in [0.29, 0.717) is 31.5 Å². The van der Waals surface area contributed by atoms with Crippen molar-refractivity contribution in [2.24, 2.45) is 5.14 Å². The molecule has 2 N–H and O–H groups in total. The van der Waals surface area contributed by atoms with Crippen LogP contribution in [-0.4, -0.2) is 48.5 Å². The highest BCUT2D eigenvalue weighted by atomic mass is 32.2. The Morgan fingerprint density at radius 1 is 1.43 bits per heavy atom. The minimum atomic E-state index is -3.67. The van der Waals surface area contributed by atoms with Crippen molar-refractivity contribution >= 4 is 21.4 Å². The number of hydrogen-bond acceptors (Lipinski definition) is 5. The normalized spacial score (nSPS) is 16.9. The van der Waals surface area contributed by atoms with Crippen LogP contribution in [0.4, 0.5) is 5.69 Å². The van der Waals surface area contributed by atoms with E-state index in [0.717, 1.165) is 11.2 Å². The Morgan fingerprint density at radius 3 is 2.74 bits per heavy atom. The first-order valence-electron chi connectivity index (χ1n) is 7.29. The highest BCUT2D eigenvalue weighted by molar-refractivity contribution is 7.86. The molecule has 8 nitrogen and oxygen atoms in total. The molecule has 9 heteroatoms. The topological polar surface area (TPSA) is 108 Å². The van der Waals surface area contributed by atoms with Gasteiger partial charge in [-0.2, -0.15) is 23.1 Å². The molecule has 0 saturated carbocycles. The van der Waals surface area contributed by atoms with Crippen molar-refractivity contribution in [1.29, 1.82) is 5.26 Å². The third-order valence-electron chi connectivity index (χ3n) is 4.35. The zero-order chi connectivity index (χ0) is 16.6. The van der Waals surface area contributed by atoms with Gasteiger partial charge in [0.15, 0.2) is 0 Å². The summed E-state index contributed by atoms with van der Waals surface area (Å²) in [4.78, 5) is 2.11. The smallest absolute Gasteiger partial charge is 0.276 e. The molecule has 1 aliphatic heterocycles. The molecule has 23 heavy (non-hydrogen) atoms. The second-order valence-corrected chi connectivity index (χ2v) is 7.24. The van der Waals surface area contributed by atoms with Crippen LogP contribution in [-0.2, 0) is 10.2 Å². The van der Waals surface area contributed by atoms with E-state index in [9.17, 15) is 13.7 Å². The summed E-state index contributed by atoms with van der Waals surface area (Å²) in [6, 6.07) is 5.88. The molecule has 1 saturated heterocycles. The van der Waals surface area contributed by atoms with Crippen molar-refractivity contribution in [3.8, 4) is 6.07 Å². The third-order valence-corrected chi connectivity index (χ3v) is 5.45. The Labute approximate surface area is 134 Å². The molecule has 0 radical (unpaired) electrons. The van der Waals surface area contributed by atoms with Gasteiger partial charge < -0.3 is 4.90 Å². The van der Waals surface area contributed by atoms with Crippen molar-refractivity contribution in [2.45, 2.75) is 18.9 Å². The summed E-state index contributed by atoms with van der Waals surface area (Å²) in [5, 5.41) is 18.8. The summed E-state index contributed by atoms with van der Waals surface area (Å²) in [6.07, 6.45) is 4.71. The fourth-order valence-corrected chi connectivity index (χ4v) is 3.68. The molecule has 2 aromatic heterocycles. The molecule has 2 aromatic rings. The predicted molar refractivity (Wildman–Crippen MR) is 86.0 cm³/mol. The first kappa shape index (κ1) is 15.7. The Bertz CT molecular complexity index is 861. The van der Waals surface area contributed by atoms with E-state index in [-0.39, 0.29) is 6.04 Å². The van der Waals surface area contributed by atoms with Gasteiger partial charge in [-0.25, -0.2) is 9.65 Å². The molecular weight excluding hydrogens is 316 g/mol. The zero-order valence-corrected chi connectivity index (χ0v) is 13.6. The van der Waals surface area contributed by atoms with Crippen LogP contribution in [0.1, 0.15) is 18.4 Å². The molecule has 3 rings (SSSR count). The van der Waals surface area contributed by atoms with Gasteiger partial charge in [-0.1, -0.05) is 0 Å². The largest absolute Gasteiger partial charge is 0.369 e. The Kier molecular flexibility index (Phi) is 3.97. The summed E-state index contributed by atoms with van der Waals surface area (Å²) in [5.41, 5.74) is 2.25. The number of nitrogens with two attached hydrogens (primary N) is 1. The van der Waals surface area contributed by atoms with Gasteiger partial charge >= 0.3 is 0 Å². The average molecular weight is 334 g/mol. The summed E-state index contributed by atoms with van der Waals surface area (Å²) >= 11 is 0. The molecule has 0 bridgehead atoms. The van der Waals surface area contributed by atoms with Gasteiger partial charge in [0, 0.05) is 32.4 Å². The van der Waals surface area contributed by atoms with Gasteiger partial charge in [0.2, 0.25) is 0 Å². The van der Waals surface area contributed by atoms with Crippen LogP contribution < -0.4 is 10.0 Å².